The second-order valence-corrected chi connectivity index (χ2v) is 9.91. The number of hydrogen-bond donors (Lipinski definition) is 1. The molecule has 3 rings (SSSR count). The minimum absolute atomic E-state index is 0.248. The Hall–Kier alpha value is -3.18. The first-order valence-electron chi connectivity index (χ1n) is 8.96. The topological polar surface area (TPSA) is 113 Å². The Morgan fingerprint density at radius 3 is 2.48 bits per heavy atom. The highest BCUT2D eigenvalue weighted by atomic mass is 32.2. The number of benzene rings is 2. The molecule has 0 bridgehead atoms. The SMILES string of the molecule is CC(C)(C)c1nc2cc(NC(=O)CS(=O)(=O)Cc3ccc(C#N)cc3)ccc2o1. The van der Waals surface area contributed by atoms with E-state index in [1.54, 1.807) is 42.5 Å². The van der Waals surface area contributed by atoms with Crippen LogP contribution in [0.2, 0.25) is 0 Å². The molecule has 0 spiro atoms. The number of carbonyl (C=O) groups is 1. The highest BCUT2D eigenvalue weighted by molar-refractivity contribution is 7.91. The summed E-state index contributed by atoms with van der Waals surface area (Å²) >= 11 is 0. The molecule has 0 unspecified atom stereocenters. The third-order valence-electron chi connectivity index (χ3n) is 4.13. The number of rotatable bonds is 5. The van der Waals surface area contributed by atoms with E-state index in [0.29, 0.717) is 33.8 Å². The van der Waals surface area contributed by atoms with Crippen LogP contribution < -0.4 is 5.32 Å². The van der Waals surface area contributed by atoms with Crippen LogP contribution in [-0.2, 0) is 25.8 Å². The van der Waals surface area contributed by atoms with Gasteiger partial charge in [0.15, 0.2) is 15.4 Å². The van der Waals surface area contributed by atoms with E-state index in [1.807, 2.05) is 26.8 Å². The fourth-order valence-corrected chi connectivity index (χ4v) is 3.98. The maximum Gasteiger partial charge on any atom is 0.239 e. The third-order valence-corrected chi connectivity index (χ3v) is 5.61. The van der Waals surface area contributed by atoms with Crippen LogP contribution in [0.15, 0.2) is 46.9 Å². The van der Waals surface area contributed by atoms with Gasteiger partial charge in [0, 0.05) is 11.1 Å². The maximum absolute atomic E-state index is 12.3. The highest BCUT2D eigenvalue weighted by Gasteiger charge is 2.21. The van der Waals surface area contributed by atoms with Crippen LogP contribution in [-0.4, -0.2) is 25.1 Å². The molecule has 1 aromatic heterocycles. The largest absolute Gasteiger partial charge is 0.440 e. The summed E-state index contributed by atoms with van der Waals surface area (Å²) in [7, 11) is -3.66. The number of amides is 1. The van der Waals surface area contributed by atoms with Crippen molar-refractivity contribution in [3.8, 4) is 6.07 Å². The second-order valence-electron chi connectivity index (χ2n) is 7.84. The average molecular weight is 411 g/mol. The van der Waals surface area contributed by atoms with Gasteiger partial charge in [0.05, 0.1) is 17.4 Å². The Balaban J connectivity index is 1.68. The van der Waals surface area contributed by atoms with Crippen molar-refractivity contribution in [1.29, 1.82) is 5.26 Å². The monoisotopic (exact) mass is 411 g/mol. The minimum atomic E-state index is -3.66. The summed E-state index contributed by atoms with van der Waals surface area (Å²) in [5.74, 6) is -0.959. The number of oxazole rings is 1. The van der Waals surface area contributed by atoms with Gasteiger partial charge >= 0.3 is 0 Å². The zero-order valence-corrected chi connectivity index (χ0v) is 17.2. The molecule has 2 aromatic carbocycles. The molecule has 0 fully saturated rings. The van der Waals surface area contributed by atoms with Gasteiger partial charge in [-0.1, -0.05) is 32.9 Å². The number of hydrogen-bond acceptors (Lipinski definition) is 6. The van der Waals surface area contributed by atoms with Crippen molar-refractivity contribution < 1.29 is 17.6 Å². The van der Waals surface area contributed by atoms with Crippen LogP contribution in [0.25, 0.3) is 11.1 Å². The maximum atomic E-state index is 12.3. The Kier molecular flexibility index (Phi) is 5.44. The van der Waals surface area contributed by atoms with E-state index >= 15 is 0 Å². The highest BCUT2D eigenvalue weighted by Crippen LogP contribution is 2.27. The van der Waals surface area contributed by atoms with Crippen LogP contribution in [0.5, 0.6) is 0 Å². The first-order valence-corrected chi connectivity index (χ1v) is 10.8. The predicted octanol–water partition coefficient (Wildman–Crippen LogP) is 3.55. The lowest BCUT2D eigenvalue weighted by molar-refractivity contribution is -0.113. The zero-order chi connectivity index (χ0) is 21.2. The predicted molar refractivity (Wildman–Crippen MR) is 110 cm³/mol. The lowest BCUT2D eigenvalue weighted by Gasteiger charge is -2.11. The molecule has 0 aliphatic heterocycles. The van der Waals surface area contributed by atoms with E-state index in [9.17, 15) is 13.2 Å². The molecule has 0 saturated heterocycles. The smallest absolute Gasteiger partial charge is 0.239 e. The molecule has 8 heteroatoms. The van der Waals surface area contributed by atoms with Gasteiger partial charge in [0.1, 0.15) is 11.3 Å². The molecule has 0 atom stereocenters. The minimum Gasteiger partial charge on any atom is -0.440 e. The van der Waals surface area contributed by atoms with Crippen molar-refractivity contribution in [2.24, 2.45) is 0 Å². The molecule has 7 nitrogen and oxygen atoms in total. The number of anilines is 1. The van der Waals surface area contributed by atoms with Crippen LogP contribution in [0.3, 0.4) is 0 Å². The summed E-state index contributed by atoms with van der Waals surface area (Å²) in [5, 5.41) is 11.4. The Morgan fingerprint density at radius 1 is 1.17 bits per heavy atom. The molecule has 0 saturated carbocycles. The van der Waals surface area contributed by atoms with Crippen molar-refractivity contribution in [3.63, 3.8) is 0 Å². The van der Waals surface area contributed by atoms with Crippen LogP contribution in [0.1, 0.15) is 37.8 Å². The van der Waals surface area contributed by atoms with E-state index in [2.05, 4.69) is 10.3 Å². The number of nitrogens with one attached hydrogen (secondary N) is 1. The normalized spacial score (nSPS) is 11.9. The molecule has 1 N–H and O–H groups in total. The van der Waals surface area contributed by atoms with E-state index < -0.39 is 21.5 Å². The molecule has 150 valence electrons. The Bertz CT molecular complexity index is 1200. The summed E-state index contributed by atoms with van der Waals surface area (Å²) in [6.07, 6.45) is 0. The van der Waals surface area contributed by atoms with E-state index in [0.717, 1.165) is 0 Å². The molecule has 0 radical (unpaired) electrons. The van der Waals surface area contributed by atoms with E-state index in [4.69, 9.17) is 9.68 Å². The van der Waals surface area contributed by atoms with Gasteiger partial charge in [0.2, 0.25) is 11.8 Å². The van der Waals surface area contributed by atoms with Crippen LogP contribution >= 0.6 is 0 Å². The van der Waals surface area contributed by atoms with Gasteiger partial charge in [-0.05, 0) is 35.9 Å². The van der Waals surface area contributed by atoms with Crippen molar-refractivity contribution in [2.45, 2.75) is 31.9 Å². The molecule has 1 heterocycles. The molecule has 0 aliphatic carbocycles. The quantitative estimate of drug-likeness (QED) is 0.687. The molecule has 29 heavy (non-hydrogen) atoms. The second kappa shape index (κ2) is 7.68. The van der Waals surface area contributed by atoms with Gasteiger partial charge in [-0.25, -0.2) is 13.4 Å². The summed E-state index contributed by atoms with van der Waals surface area (Å²) in [5.41, 5.74) is 2.36. The number of nitriles is 1. The molecule has 3 aromatic rings. The van der Waals surface area contributed by atoms with Gasteiger partial charge in [-0.2, -0.15) is 5.26 Å². The number of fused-ring (bicyclic) bond motifs is 1. The summed E-state index contributed by atoms with van der Waals surface area (Å²) in [4.78, 5) is 16.7. The zero-order valence-electron chi connectivity index (χ0n) is 16.4. The van der Waals surface area contributed by atoms with Crippen LogP contribution in [0, 0.1) is 11.3 Å². The molecular weight excluding hydrogens is 390 g/mol. The summed E-state index contributed by atoms with van der Waals surface area (Å²) < 4.78 is 30.4. The van der Waals surface area contributed by atoms with E-state index in [1.165, 1.54) is 0 Å². The first kappa shape index (κ1) is 20.6. The van der Waals surface area contributed by atoms with Crippen molar-refractivity contribution in [2.75, 3.05) is 11.1 Å². The third kappa shape index (κ3) is 5.21. The van der Waals surface area contributed by atoms with Gasteiger partial charge < -0.3 is 9.73 Å². The Labute approximate surface area is 169 Å². The summed E-state index contributed by atoms with van der Waals surface area (Å²) in [6.45, 7) is 5.96. The standard InChI is InChI=1S/C21H21N3O4S/c1-21(2,3)20-24-17-10-16(8-9-18(17)28-20)23-19(25)13-29(26,27)12-15-6-4-14(11-22)5-7-15/h4-10H,12-13H2,1-3H3,(H,23,25). The summed E-state index contributed by atoms with van der Waals surface area (Å²) in [6, 6.07) is 13.2. The van der Waals surface area contributed by atoms with E-state index in [-0.39, 0.29) is 11.2 Å². The number of aromatic nitrogens is 1. The number of nitrogens with zero attached hydrogens (tertiary/aromatic N) is 2. The number of sulfone groups is 1. The van der Waals surface area contributed by atoms with Crippen molar-refractivity contribution >= 4 is 32.5 Å². The fraction of sp³-hybridized carbons (Fsp3) is 0.286. The molecule has 1 amide bonds. The van der Waals surface area contributed by atoms with Gasteiger partial charge in [0.25, 0.3) is 0 Å². The Morgan fingerprint density at radius 2 is 1.86 bits per heavy atom. The fourth-order valence-electron chi connectivity index (χ4n) is 2.70. The lowest BCUT2D eigenvalue weighted by atomic mass is 9.97. The molecule has 0 aliphatic rings. The lowest BCUT2D eigenvalue weighted by Crippen LogP contribution is -2.23. The number of carbonyl (C=O) groups excluding carboxylic acids is 1. The van der Waals surface area contributed by atoms with Crippen LogP contribution in [0.4, 0.5) is 5.69 Å². The first-order chi connectivity index (χ1) is 13.6. The molecular formula is C21H21N3O4S. The van der Waals surface area contributed by atoms with Gasteiger partial charge in [-0.15, -0.1) is 0 Å². The van der Waals surface area contributed by atoms with Gasteiger partial charge in [-0.3, -0.25) is 4.79 Å². The van der Waals surface area contributed by atoms with Crippen molar-refractivity contribution in [3.05, 3.63) is 59.5 Å². The average Bonchev–Trinajstić information content (AvgIpc) is 3.05. The van der Waals surface area contributed by atoms with Crippen molar-refractivity contribution in [1.82, 2.24) is 4.98 Å².